The topological polar surface area (TPSA) is 38.0 Å². The smallest absolute Gasteiger partial charge is 0.142 e. The summed E-state index contributed by atoms with van der Waals surface area (Å²) >= 11 is 5.61. The molecule has 3 N–H and O–H groups in total. The second-order valence-electron chi connectivity index (χ2n) is 3.83. The van der Waals surface area contributed by atoms with E-state index in [1.54, 1.807) is 18.2 Å². The minimum absolute atomic E-state index is 0.0359. The molecular weight excluding hydrogens is 258 g/mol. The Labute approximate surface area is 108 Å². The summed E-state index contributed by atoms with van der Waals surface area (Å²) in [6, 6.07) is 9.82. The predicted octanol–water partition coefficient (Wildman–Crippen LogP) is 3.17. The Bertz CT molecular complexity index is 560. The third-order valence-electron chi connectivity index (χ3n) is 2.63. The van der Waals surface area contributed by atoms with Gasteiger partial charge in [0.1, 0.15) is 11.6 Å². The van der Waals surface area contributed by atoms with Gasteiger partial charge in [0.2, 0.25) is 0 Å². The van der Waals surface area contributed by atoms with Gasteiger partial charge in [-0.15, -0.1) is 0 Å². The van der Waals surface area contributed by atoms with E-state index in [4.69, 9.17) is 17.4 Å². The highest BCUT2D eigenvalue weighted by Crippen LogP contribution is 2.25. The van der Waals surface area contributed by atoms with Crippen LogP contribution in [0, 0.1) is 11.6 Å². The Kier molecular flexibility index (Phi) is 3.91. The van der Waals surface area contributed by atoms with Crippen molar-refractivity contribution in [2.75, 3.05) is 0 Å². The average molecular weight is 269 g/mol. The van der Waals surface area contributed by atoms with Crippen LogP contribution in [0.3, 0.4) is 0 Å². The molecule has 0 fully saturated rings. The Hall–Kier alpha value is -1.49. The predicted molar refractivity (Wildman–Crippen MR) is 67.0 cm³/mol. The number of benzene rings is 2. The van der Waals surface area contributed by atoms with Crippen LogP contribution in [0.5, 0.6) is 0 Å². The fraction of sp³-hybridized carbons (Fsp3) is 0.0769. The van der Waals surface area contributed by atoms with Gasteiger partial charge in [-0.3, -0.25) is 5.84 Å². The lowest BCUT2D eigenvalue weighted by Gasteiger charge is -2.17. The largest absolute Gasteiger partial charge is 0.271 e. The van der Waals surface area contributed by atoms with Gasteiger partial charge < -0.3 is 0 Å². The molecule has 0 aliphatic carbocycles. The monoisotopic (exact) mass is 268 g/mol. The highest BCUT2D eigenvalue weighted by Gasteiger charge is 2.14. The maximum atomic E-state index is 13.4. The van der Waals surface area contributed by atoms with Gasteiger partial charge in [-0.1, -0.05) is 29.8 Å². The Morgan fingerprint density at radius 1 is 1.06 bits per heavy atom. The Balaban J connectivity index is 2.42. The summed E-state index contributed by atoms with van der Waals surface area (Å²) in [7, 11) is 0. The lowest BCUT2D eigenvalue weighted by molar-refractivity contribution is 0.595. The van der Waals surface area contributed by atoms with Crippen molar-refractivity contribution in [1.29, 1.82) is 0 Å². The molecule has 1 atom stereocenters. The number of hydrogen-bond acceptors (Lipinski definition) is 2. The molecule has 5 heteroatoms. The summed E-state index contributed by atoms with van der Waals surface area (Å²) in [6.07, 6.45) is 0. The summed E-state index contributed by atoms with van der Waals surface area (Å²) in [6.45, 7) is 0. The van der Waals surface area contributed by atoms with Crippen LogP contribution in [0.15, 0.2) is 42.5 Å². The molecule has 18 heavy (non-hydrogen) atoms. The van der Waals surface area contributed by atoms with Gasteiger partial charge in [-0.05, 0) is 35.4 Å². The van der Waals surface area contributed by atoms with Gasteiger partial charge in [-0.2, -0.15) is 0 Å². The van der Waals surface area contributed by atoms with E-state index in [1.807, 2.05) is 0 Å². The van der Waals surface area contributed by atoms with E-state index in [0.717, 1.165) is 0 Å². The molecule has 94 valence electrons. The zero-order chi connectivity index (χ0) is 13.1. The first kappa shape index (κ1) is 13.0. The van der Waals surface area contributed by atoms with Crippen LogP contribution in [0.1, 0.15) is 17.2 Å². The van der Waals surface area contributed by atoms with Gasteiger partial charge in [0, 0.05) is 0 Å². The number of nitrogens with two attached hydrogens (primary N) is 1. The van der Waals surface area contributed by atoms with Crippen molar-refractivity contribution in [3.63, 3.8) is 0 Å². The van der Waals surface area contributed by atoms with E-state index >= 15 is 0 Å². The molecule has 2 nitrogen and oxygen atoms in total. The van der Waals surface area contributed by atoms with Crippen LogP contribution in [0.4, 0.5) is 8.78 Å². The molecule has 2 rings (SSSR count). The van der Waals surface area contributed by atoms with E-state index in [0.29, 0.717) is 11.1 Å². The summed E-state index contributed by atoms with van der Waals surface area (Å²) < 4.78 is 26.6. The zero-order valence-corrected chi connectivity index (χ0v) is 10.1. The molecule has 0 saturated carbocycles. The molecule has 0 aliphatic heterocycles. The van der Waals surface area contributed by atoms with Crippen molar-refractivity contribution < 1.29 is 8.78 Å². The normalized spacial score (nSPS) is 12.4. The van der Waals surface area contributed by atoms with Crippen molar-refractivity contribution in [3.05, 3.63) is 70.2 Å². The SMILES string of the molecule is NNC(c1cccc(F)c1)c1ccc(Cl)c(F)c1. The quantitative estimate of drug-likeness (QED) is 0.663. The first-order valence-electron chi connectivity index (χ1n) is 5.28. The van der Waals surface area contributed by atoms with Crippen LogP contribution in [0.2, 0.25) is 5.02 Å². The van der Waals surface area contributed by atoms with Crippen LogP contribution in [-0.2, 0) is 0 Å². The highest BCUT2D eigenvalue weighted by molar-refractivity contribution is 6.30. The molecule has 1 unspecified atom stereocenters. The molecule has 2 aromatic rings. The number of halogens is 3. The van der Waals surface area contributed by atoms with Gasteiger partial charge in [0.15, 0.2) is 0 Å². The van der Waals surface area contributed by atoms with E-state index < -0.39 is 11.9 Å². The van der Waals surface area contributed by atoms with Crippen molar-refractivity contribution in [2.24, 2.45) is 5.84 Å². The van der Waals surface area contributed by atoms with E-state index in [-0.39, 0.29) is 10.8 Å². The average Bonchev–Trinajstić information content (AvgIpc) is 2.35. The van der Waals surface area contributed by atoms with E-state index in [9.17, 15) is 8.78 Å². The number of nitrogens with one attached hydrogen (secondary N) is 1. The standard InChI is InChI=1S/C13H11ClF2N2/c14-11-5-4-9(7-12(11)16)13(18-17)8-2-1-3-10(15)6-8/h1-7,13,18H,17H2. The number of hydrogen-bond donors (Lipinski definition) is 2. The maximum Gasteiger partial charge on any atom is 0.142 e. The second kappa shape index (κ2) is 5.44. The minimum atomic E-state index is -0.536. The fourth-order valence-electron chi connectivity index (χ4n) is 1.76. The number of hydrazine groups is 1. The van der Waals surface area contributed by atoms with E-state index in [2.05, 4.69) is 5.43 Å². The molecule has 0 spiro atoms. The zero-order valence-electron chi connectivity index (χ0n) is 9.33. The summed E-state index contributed by atoms with van der Waals surface area (Å²) in [5.74, 6) is 4.54. The Morgan fingerprint density at radius 2 is 1.78 bits per heavy atom. The maximum absolute atomic E-state index is 13.4. The van der Waals surface area contributed by atoms with Crippen LogP contribution < -0.4 is 11.3 Å². The summed E-state index contributed by atoms with van der Waals surface area (Å²) in [5, 5.41) is 0.0359. The van der Waals surface area contributed by atoms with Crippen molar-refractivity contribution in [1.82, 2.24) is 5.43 Å². The van der Waals surface area contributed by atoms with Crippen molar-refractivity contribution in [3.8, 4) is 0 Å². The lowest BCUT2D eigenvalue weighted by atomic mass is 9.99. The van der Waals surface area contributed by atoms with Crippen LogP contribution >= 0.6 is 11.6 Å². The second-order valence-corrected chi connectivity index (χ2v) is 4.24. The Morgan fingerprint density at radius 3 is 2.39 bits per heavy atom. The molecule has 0 amide bonds. The minimum Gasteiger partial charge on any atom is -0.271 e. The first-order valence-corrected chi connectivity index (χ1v) is 5.66. The number of rotatable bonds is 3. The van der Waals surface area contributed by atoms with Gasteiger partial charge in [0.05, 0.1) is 11.1 Å². The molecule has 0 heterocycles. The van der Waals surface area contributed by atoms with Crippen LogP contribution in [-0.4, -0.2) is 0 Å². The van der Waals surface area contributed by atoms with Gasteiger partial charge >= 0.3 is 0 Å². The molecule has 2 aromatic carbocycles. The molecule has 0 aliphatic rings. The molecular formula is C13H11ClF2N2. The molecule has 0 bridgehead atoms. The van der Waals surface area contributed by atoms with Gasteiger partial charge in [-0.25, -0.2) is 14.2 Å². The fourth-order valence-corrected chi connectivity index (χ4v) is 1.88. The summed E-state index contributed by atoms with van der Waals surface area (Å²) in [4.78, 5) is 0. The molecule has 0 saturated heterocycles. The van der Waals surface area contributed by atoms with E-state index in [1.165, 1.54) is 24.3 Å². The summed E-state index contributed by atoms with van der Waals surface area (Å²) in [5.41, 5.74) is 3.72. The lowest BCUT2D eigenvalue weighted by Crippen LogP contribution is -2.29. The highest BCUT2D eigenvalue weighted by atomic mass is 35.5. The third-order valence-corrected chi connectivity index (χ3v) is 2.93. The van der Waals surface area contributed by atoms with Crippen molar-refractivity contribution >= 4 is 11.6 Å². The van der Waals surface area contributed by atoms with Crippen LogP contribution in [0.25, 0.3) is 0 Å². The van der Waals surface area contributed by atoms with Gasteiger partial charge in [0.25, 0.3) is 0 Å². The first-order chi connectivity index (χ1) is 8.61. The molecule has 0 radical (unpaired) electrons. The van der Waals surface area contributed by atoms with Crippen molar-refractivity contribution in [2.45, 2.75) is 6.04 Å². The molecule has 0 aromatic heterocycles. The third kappa shape index (κ3) is 2.67.